The maximum Gasteiger partial charge on any atom is 0.333 e. The van der Waals surface area contributed by atoms with E-state index in [1.54, 1.807) is 13.2 Å². The zero-order valence-electron chi connectivity index (χ0n) is 13.4. The number of hydrogen-bond acceptors (Lipinski definition) is 4. The van der Waals surface area contributed by atoms with Gasteiger partial charge < -0.3 is 10.1 Å². The van der Waals surface area contributed by atoms with Gasteiger partial charge in [0.05, 0.1) is 18.9 Å². The fourth-order valence-electron chi connectivity index (χ4n) is 2.54. The molecule has 6 nitrogen and oxygen atoms in total. The molecule has 0 spiro atoms. The molecule has 1 atom stereocenters. The molecule has 0 aliphatic rings. The summed E-state index contributed by atoms with van der Waals surface area (Å²) in [4.78, 5) is 24.5. The van der Waals surface area contributed by atoms with Crippen molar-refractivity contribution >= 4 is 22.6 Å². The van der Waals surface area contributed by atoms with Gasteiger partial charge in [0.15, 0.2) is 6.04 Å². The first-order valence-electron chi connectivity index (χ1n) is 7.44. The zero-order valence-corrected chi connectivity index (χ0v) is 13.4. The predicted molar refractivity (Wildman–Crippen MR) is 89.4 cm³/mol. The van der Waals surface area contributed by atoms with Crippen molar-refractivity contribution < 1.29 is 14.3 Å². The van der Waals surface area contributed by atoms with Gasteiger partial charge in [-0.3, -0.25) is 9.48 Å². The van der Waals surface area contributed by atoms with Crippen molar-refractivity contribution in [1.82, 2.24) is 15.1 Å². The lowest BCUT2D eigenvalue weighted by atomic mass is 10.0. The normalized spacial score (nSPS) is 11.9. The largest absolute Gasteiger partial charge is 0.467 e. The summed E-state index contributed by atoms with van der Waals surface area (Å²) in [6, 6.07) is 12.5. The molecule has 0 bridgehead atoms. The topological polar surface area (TPSA) is 73.2 Å². The van der Waals surface area contributed by atoms with Gasteiger partial charge in [-0.1, -0.05) is 36.4 Å². The van der Waals surface area contributed by atoms with E-state index in [-0.39, 0.29) is 5.91 Å². The van der Waals surface area contributed by atoms with Crippen molar-refractivity contribution in [3.63, 3.8) is 0 Å². The lowest BCUT2D eigenvalue weighted by molar-refractivity contribution is -0.143. The highest BCUT2D eigenvalue weighted by molar-refractivity contribution is 5.97. The average molecular weight is 323 g/mol. The highest BCUT2D eigenvalue weighted by atomic mass is 16.5. The Kier molecular flexibility index (Phi) is 4.29. The van der Waals surface area contributed by atoms with Gasteiger partial charge in [0.25, 0.3) is 5.91 Å². The third kappa shape index (κ3) is 3.12. The number of aryl methyl sites for hydroxylation is 1. The first kappa shape index (κ1) is 15.7. The molecular weight excluding hydrogens is 306 g/mol. The number of rotatable bonds is 4. The number of nitrogens with zero attached hydrogens (tertiary/aromatic N) is 2. The Morgan fingerprint density at radius 2 is 1.92 bits per heavy atom. The Morgan fingerprint density at radius 1 is 1.17 bits per heavy atom. The summed E-state index contributed by atoms with van der Waals surface area (Å²) in [5.74, 6) is -0.908. The van der Waals surface area contributed by atoms with Crippen molar-refractivity contribution in [2.75, 3.05) is 7.11 Å². The van der Waals surface area contributed by atoms with Crippen LogP contribution >= 0.6 is 0 Å². The number of esters is 1. The van der Waals surface area contributed by atoms with Crippen LogP contribution in [0.1, 0.15) is 22.0 Å². The first-order chi connectivity index (χ1) is 11.6. The second-order valence-electron chi connectivity index (χ2n) is 5.44. The maximum atomic E-state index is 12.4. The van der Waals surface area contributed by atoms with Gasteiger partial charge in [0, 0.05) is 13.2 Å². The molecule has 2 aromatic carbocycles. The molecule has 1 unspecified atom stereocenters. The molecule has 0 saturated heterocycles. The number of ether oxygens (including phenoxy) is 1. The number of carbonyl (C=O) groups excluding carboxylic acids is 2. The van der Waals surface area contributed by atoms with E-state index in [2.05, 4.69) is 10.4 Å². The molecule has 1 aromatic heterocycles. The van der Waals surface area contributed by atoms with E-state index in [9.17, 15) is 9.59 Å². The van der Waals surface area contributed by atoms with E-state index in [1.807, 2.05) is 42.5 Å². The minimum atomic E-state index is -0.882. The summed E-state index contributed by atoms with van der Waals surface area (Å²) < 4.78 is 6.37. The van der Waals surface area contributed by atoms with E-state index in [0.29, 0.717) is 11.1 Å². The summed E-state index contributed by atoms with van der Waals surface area (Å²) in [6.45, 7) is 0. The van der Waals surface area contributed by atoms with Gasteiger partial charge in [-0.2, -0.15) is 5.10 Å². The Balaban J connectivity index is 1.93. The number of methoxy groups -OCH3 is 1. The molecule has 3 aromatic rings. The number of amides is 1. The fraction of sp³-hybridized carbons (Fsp3) is 0.167. The minimum absolute atomic E-state index is 0.382. The van der Waals surface area contributed by atoms with Crippen molar-refractivity contribution in [1.29, 1.82) is 0 Å². The van der Waals surface area contributed by atoms with Gasteiger partial charge in [-0.15, -0.1) is 0 Å². The van der Waals surface area contributed by atoms with Crippen molar-refractivity contribution in [3.05, 3.63) is 66.0 Å². The Labute approximate surface area is 139 Å². The molecule has 1 N–H and O–H groups in total. The molecular formula is C18H17N3O3. The minimum Gasteiger partial charge on any atom is -0.467 e. The number of hydrogen-bond donors (Lipinski definition) is 1. The van der Waals surface area contributed by atoms with E-state index in [0.717, 1.165) is 10.8 Å². The summed E-state index contributed by atoms with van der Waals surface area (Å²) in [5, 5.41) is 8.72. The van der Waals surface area contributed by atoms with Crippen LogP contribution in [0, 0.1) is 0 Å². The molecule has 24 heavy (non-hydrogen) atoms. The van der Waals surface area contributed by atoms with Gasteiger partial charge in [0.1, 0.15) is 0 Å². The molecule has 0 radical (unpaired) electrons. The molecule has 0 aliphatic carbocycles. The van der Waals surface area contributed by atoms with Crippen LogP contribution in [0.5, 0.6) is 0 Å². The van der Waals surface area contributed by atoms with Gasteiger partial charge in [-0.25, -0.2) is 4.79 Å². The summed E-state index contributed by atoms with van der Waals surface area (Å²) in [7, 11) is 3.02. The number of carbonyl (C=O) groups is 2. The first-order valence-corrected chi connectivity index (χ1v) is 7.44. The van der Waals surface area contributed by atoms with Gasteiger partial charge in [-0.05, 0) is 22.4 Å². The third-order valence-corrected chi connectivity index (χ3v) is 3.79. The molecule has 1 amide bonds. The number of fused-ring (bicyclic) bond motifs is 1. The number of benzene rings is 2. The number of aromatic nitrogens is 2. The third-order valence-electron chi connectivity index (χ3n) is 3.79. The van der Waals surface area contributed by atoms with E-state index < -0.39 is 12.0 Å². The molecule has 0 saturated carbocycles. The molecule has 6 heteroatoms. The molecule has 3 rings (SSSR count). The monoisotopic (exact) mass is 323 g/mol. The van der Waals surface area contributed by atoms with Crippen LogP contribution in [0.25, 0.3) is 10.8 Å². The zero-order chi connectivity index (χ0) is 17.1. The van der Waals surface area contributed by atoms with Gasteiger partial charge >= 0.3 is 5.97 Å². The van der Waals surface area contributed by atoms with Crippen LogP contribution in [0.4, 0.5) is 0 Å². The van der Waals surface area contributed by atoms with Crippen LogP contribution in [0.3, 0.4) is 0 Å². The van der Waals surface area contributed by atoms with E-state index >= 15 is 0 Å². The summed E-state index contributed by atoms with van der Waals surface area (Å²) in [6.07, 6.45) is 3.04. The smallest absolute Gasteiger partial charge is 0.333 e. The highest BCUT2D eigenvalue weighted by Gasteiger charge is 2.24. The molecule has 0 fully saturated rings. The van der Waals surface area contributed by atoms with Crippen LogP contribution in [0.2, 0.25) is 0 Å². The van der Waals surface area contributed by atoms with Gasteiger partial charge in [0.2, 0.25) is 0 Å². The standard InChI is InChI=1S/C18H17N3O3/c1-21-11-15(10-19-21)17(22)20-16(18(23)24-2)14-8-7-12-5-3-4-6-13(12)9-14/h3-11,16H,1-2H3,(H,20,22). The average Bonchev–Trinajstić information content (AvgIpc) is 3.05. The van der Waals surface area contributed by atoms with E-state index in [4.69, 9.17) is 4.74 Å². The number of nitrogens with one attached hydrogen (secondary N) is 1. The quantitative estimate of drug-likeness (QED) is 0.747. The van der Waals surface area contributed by atoms with Crippen LogP contribution in [-0.4, -0.2) is 28.8 Å². The van der Waals surface area contributed by atoms with Crippen LogP contribution in [0.15, 0.2) is 54.9 Å². The predicted octanol–water partition coefficient (Wildman–Crippen LogP) is 2.22. The van der Waals surface area contributed by atoms with Crippen molar-refractivity contribution in [3.8, 4) is 0 Å². The SMILES string of the molecule is COC(=O)C(NC(=O)c1cnn(C)c1)c1ccc2ccccc2c1. The fourth-order valence-corrected chi connectivity index (χ4v) is 2.54. The summed E-state index contributed by atoms with van der Waals surface area (Å²) in [5.41, 5.74) is 1.05. The summed E-state index contributed by atoms with van der Waals surface area (Å²) >= 11 is 0. The lowest BCUT2D eigenvalue weighted by Gasteiger charge is -2.17. The Morgan fingerprint density at radius 3 is 2.58 bits per heavy atom. The van der Waals surface area contributed by atoms with Crippen LogP contribution < -0.4 is 5.32 Å². The maximum absolute atomic E-state index is 12.4. The highest BCUT2D eigenvalue weighted by Crippen LogP contribution is 2.22. The Bertz CT molecular complexity index is 901. The van der Waals surface area contributed by atoms with Crippen molar-refractivity contribution in [2.24, 2.45) is 7.05 Å². The Hall–Kier alpha value is -3.15. The second-order valence-corrected chi connectivity index (χ2v) is 5.44. The molecule has 122 valence electrons. The van der Waals surface area contributed by atoms with E-state index in [1.165, 1.54) is 18.0 Å². The lowest BCUT2D eigenvalue weighted by Crippen LogP contribution is -2.34. The molecule has 0 aliphatic heterocycles. The molecule has 1 heterocycles. The second kappa shape index (κ2) is 6.54. The van der Waals surface area contributed by atoms with Crippen molar-refractivity contribution in [2.45, 2.75) is 6.04 Å². The van der Waals surface area contributed by atoms with Crippen LogP contribution in [-0.2, 0) is 16.6 Å².